The molecular weight excluding hydrogens is 454 g/mol. The number of nitrogens with two attached hydrogens (primary N) is 1. The van der Waals surface area contributed by atoms with Crippen LogP contribution in [0, 0.1) is 23.7 Å². The van der Waals surface area contributed by atoms with Gasteiger partial charge in [0.1, 0.15) is 4.75 Å². The topological polar surface area (TPSA) is 139 Å². The minimum atomic E-state index is -3.95. The molecule has 3 atom stereocenters. The predicted octanol–water partition coefficient (Wildman–Crippen LogP) is 3.23. The third-order valence-electron chi connectivity index (χ3n) is 6.91. The lowest BCUT2D eigenvalue weighted by atomic mass is 9.70. The first-order chi connectivity index (χ1) is 16.1. The Morgan fingerprint density at radius 3 is 2.26 bits per heavy atom. The fourth-order valence-electron chi connectivity index (χ4n) is 5.27. The van der Waals surface area contributed by atoms with Gasteiger partial charge in [-0.15, -0.1) is 0 Å². The number of hydroxylamine groups is 1. The van der Waals surface area contributed by atoms with Gasteiger partial charge in [0, 0.05) is 6.26 Å². The molecule has 0 aliphatic heterocycles. The number of sulfone groups is 1. The molecule has 0 bridgehead atoms. The van der Waals surface area contributed by atoms with Gasteiger partial charge >= 0.3 is 0 Å². The van der Waals surface area contributed by atoms with Gasteiger partial charge in [-0.2, -0.15) is 0 Å². The lowest BCUT2D eigenvalue weighted by Crippen LogP contribution is -2.57. The summed E-state index contributed by atoms with van der Waals surface area (Å²) in [4.78, 5) is 26.2. The van der Waals surface area contributed by atoms with E-state index in [2.05, 4.69) is 5.43 Å². The highest BCUT2D eigenvalue weighted by Crippen LogP contribution is 2.44. The molecule has 2 rings (SSSR count). The number of benzene rings is 1. The molecule has 0 heterocycles. The molecule has 2 amide bonds. The molecule has 1 aromatic rings. The first-order valence-electron chi connectivity index (χ1n) is 11.9. The van der Waals surface area contributed by atoms with Crippen LogP contribution in [0.4, 0.5) is 0 Å². The molecule has 1 fully saturated rings. The van der Waals surface area contributed by atoms with Crippen molar-refractivity contribution >= 4 is 27.7 Å². The third kappa shape index (κ3) is 6.90. The van der Waals surface area contributed by atoms with Crippen LogP contribution in [0.2, 0.25) is 0 Å². The Kier molecular flexibility index (Phi) is 10.3. The fourth-order valence-corrected chi connectivity index (χ4v) is 6.86. The van der Waals surface area contributed by atoms with E-state index in [9.17, 15) is 23.2 Å². The molecule has 9 heteroatoms. The first kappa shape index (κ1) is 28.0. The van der Waals surface area contributed by atoms with Crippen LogP contribution in [-0.4, -0.2) is 36.4 Å². The van der Waals surface area contributed by atoms with E-state index in [4.69, 9.17) is 5.84 Å². The Morgan fingerprint density at radius 2 is 1.76 bits per heavy atom. The quantitative estimate of drug-likeness (QED) is 0.162. The van der Waals surface area contributed by atoms with Crippen molar-refractivity contribution in [2.24, 2.45) is 29.5 Å². The van der Waals surface area contributed by atoms with Gasteiger partial charge in [0.25, 0.3) is 0 Å². The molecule has 1 aliphatic carbocycles. The van der Waals surface area contributed by atoms with Crippen LogP contribution >= 0.6 is 0 Å². The van der Waals surface area contributed by atoms with Gasteiger partial charge in [-0.05, 0) is 30.2 Å². The van der Waals surface area contributed by atoms with Crippen molar-refractivity contribution in [2.45, 2.75) is 63.5 Å². The SMILES string of the molecule is CC(C)C[C@@H](C(=O)NN)[C@@H](C(=O)NO)C(/C=C/c1ccccc1)(CC1CCCCC1)S(C)(=O)=O. The van der Waals surface area contributed by atoms with Crippen molar-refractivity contribution in [2.75, 3.05) is 6.26 Å². The zero-order valence-corrected chi connectivity index (χ0v) is 21.2. The van der Waals surface area contributed by atoms with Crippen LogP contribution in [0.5, 0.6) is 0 Å². The van der Waals surface area contributed by atoms with E-state index in [-0.39, 0.29) is 24.7 Å². The molecule has 8 nitrogen and oxygen atoms in total. The molecule has 1 aliphatic rings. The number of carbonyl (C=O) groups is 2. The number of nitrogens with one attached hydrogen (secondary N) is 2. The summed E-state index contributed by atoms with van der Waals surface area (Å²) in [5.74, 6) is 1.53. The monoisotopic (exact) mass is 493 g/mol. The van der Waals surface area contributed by atoms with Crippen LogP contribution in [0.1, 0.15) is 64.4 Å². The largest absolute Gasteiger partial charge is 0.294 e. The molecule has 0 saturated heterocycles. The van der Waals surface area contributed by atoms with E-state index in [0.717, 1.165) is 43.9 Å². The molecule has 5 N–H and O–H groups in total. The molecule has 0 aromatic heterocycles. The van der Waals surface area contributed by atoms with Gasteiger partial charge in [0.2, 0.25) is 11.8 Å². The maximum atomic E-state index is 13.6. The average molecular weight is 494 g/mol. The van der Waals surface area contributed by atoms with Crippen LogP contribution < -0.4 is 16.7 Å². The van der Waals surface area contributed by atoms with Gasteiger partial charge in [0.15, 0.2) is 9.84 Å². The maximum Gasteiger partial charge on any atom is 0.249 e. The zero-order valence-electron chi connectivity index (χ0n) is 20.4. The van der Waals surface area contributed by atoms with Crippen molar-refractivity contribution in [3.05, 3.63) is 42.0 Å². The number of rotatable bonds is 11. The lowest BCUT2D eigenvalue weighted by Gasteiger charge is -2.42. The first-order valence-corrected chi connectivity index (χ1v) is 13.8. The number of hydrogen-bond donors (Lipinski definition) is 4. The molecule has 190 valence electrons. The van der Waals surface area contributed by atoms with E-state index in [1.165, 1.54) is 0 Å². The fraction of sp³-hybridized carbons (Fsp3) is 0.600. The Labute approximate surface area is 203 Å². The van der Waals surface area contributed by atoms with Crippen LogP contribution in [-0.2, 0) is 19.4 Å². The lowest BCUT2D eigenvalue weighted by molar-refractivity contribution is -0.142. The number of hydrazine groups is 1. The van der Waals surface area contributed by atoms with Gasteiger partial charge in [-0.25, -0.2) is 19.7 Å². The predicted molar refractivity (Wildman–Crippen MR) is 133 cm³/mol. The Morgan fingerprint density at radius 1 is 1.15 bits per heavy atom. The second kappa shape index (κ2) is 12.5. The molecule has 1 saturated carbocycles. The number of amides is 2. The smallest absolute Gasteiger partial charge is 0.249 e. The van der Waals surface area contributed by atoms with Crippen LogP contribution in [0.15, 0.2) is 36.4 Å². The zero-order chi connectivity index (χ0) is 25.4. The molecule has 0 spiro atoms. The standard InChI is InChI=1S/C25H39N3O5S/c1-18(2)16-21(23(29)27-26)22(24(30)28-31)25(34(3,32)33,17-20-12-8-5-9-13-20)15-14-19-10-6-4-7-11-19/h4,6-7,10-11,14-15,18,20-22,31H,5,8-9,12-13,16-17,26H2,1-3H3,(H,27,29)(H,28,30)/b15-14+/t21-,22+,25?/m1/s1. The summed E-state index contributed by atoms with van der Waals surface area (Å²) >= 11 is 0. The van der Waals surface area contributed by atoms with Crippen molar-refractivity contribution in [1.29, 1.82) is 0 Å². The molecule has 34 heavy (non-hydrogen) atoms. The van der Waals surface area contributed by atoms with Crippen molar-refractivity contribution in [3.8, 4) is 0 Å². The summed E-state index contributed by atoms with van der Waals surface area (Å²) in [6, 6.07) is 9.21. The number of carbonyl (C=O) groups excluding carboxylic acids is 2. The van der Waals surface area contributed by atoms with E-state index >= 15 is 0 Å². The van der Waals surface area contributed by atoms with Crippen LogP contribution in [0.3, 0.4) is 0 Å². The third-order valence-corrected chi connectivity index (χ3v) is 8.84. The van der Waals surface area contributed by atoms with E-state index in [1.807, 2.05) is 44.2 Å². The summed E-state index contributed by atoms with van der Waals surface area (Å²) in [7, 11) is -3.95. The Balaban J connectivity index is 2.78. The second-order valence-electron chi connectivity index (χ2n) is 9.88. The van der Waals surface area contributed by atoms with Gasteiger partial charge in [-0.3, -0.25) is 20.2 Å². The molecular formula is C25H39N3O5S. The van der Waals surface area contributed by atoms with E-state index in [1.54, 1.807) is 17.6 Å². The molecule has 0 radical (unpaired) electrons. The number of hydrogen-bond acceptors (Lipinski definition) is 6. The highest BCUT2D eigenvalue weighted by atomic mass is 32.2. The highest BCUT2D eigenvalue weighted by molar-refractivity contribution is 7.92. The van der Waals surface area contributed by atoms with E-state index < -0.39 is 38.2 Å². The van der Waals surface area contributed by atoms with Crippen molar-refractivity contribution in [3.63, 3.8) is 0 Å². The van der Waals surface area contributed by atoms with Crippen LogP contribution in [0.25, 0.3) is 6.08 Å². The van der Waals surface area contributed by atoms with Gasteiger partial charge in [0.05, 0.1) is 11.8 Å². The minimum absolute atomic E-state index is 0.0265. The summed E-state index contributed by atoms with van der Waals surface area (Å²) in [6.07, 6.45) is 9.53. The maximum absolute atomic E-state index is 13.6. The molecule has 1 aromatic carbocycles. The normalized spacial score (nSPS) is 18.9. The molecule has 1 unspecified atom stereocenters. The highest BCUT2D eigenvalue weighted by Gasteiger charge is 2.55. The Hall–Kier alpha value is -2.23. The second-order valence-corrected chi connectivity index (χ2v) is 12.2. The van der Waals surface area contributed by atoms with Gasteiger partial charge in [-0.1, -0.05) is 88.4 Å². The summed E-state index contributed by atoms with van der Waals surface area (Å²) in [6.45, 7) is 3.77. The Bertz CT molecular complexity index is 943. The van der Waals surface area contributed by atoms with E-state index in [0.29, 0.717) is 0 Å². The average Bonchev–Trinajstić information content (AvgIpc) is 2.81. The summed E-state index contributed by atoms with van der Waals surface area (Å²) in [5, 5.41) is 9.68. The minimum Gasteiger partial charge on any atom is -0.294 e. The summed E-state index contributed by atoms with van der Waals surface area (Å²) < 4.78 is 25.6. The van der Waals surface area contributed by atoms with Crippen molar-refractivity contribution in [1.82, 2.24) is 10.9 Å². The van der Waals surface area contributed by atoms with Gasteiger partial charge < -0.3 is 0 Å². The van der Waals surface area contributed by atoms with Crippen molar-refractivity contribution < 1.29 is 23.2 Å². The summed E-state index contributed by atoms with van der Waals surface area (Å²) in [5.41, 5.74) is 4.53.